The number of hydrogen-bond acceptors (Lipinski definition) is 5. The number of aromatic nitrogens is 2. The second-order valence-corrected chi connectivity index (χ2v) is 8.51. The maximum atomic E-state index is 13.4. The molecule has 6 nitrogen and oxygen atoms in total. The van der Waals surface area contributed by atoms with E-state index in [2.05, 4.69) is 14.9 Å². The van der Waals surface area contributed by atoms with Crippen LogP contribution in [0.4, 0.5) is 4.39 Å². The van der Waals surface area contributed by atoms with Gasteiger partial charge in [0, 0.05) is 17.5 Å². The lowest BCUT2D eigenvalue weighted by Gasteiger charge is -2.33. The molecule has 2 amide bonds. The third-order valence-electron chi connectivity index (χ3n) is 4.28. The number of nitrogens with one attached hydrogen (secondary N) is 1. The number of nitrogens with zero attached hydrogens (tertiary/aromatic N) is 3. The van der Waals surface area contributed by atoms with Crippen LogP contribution in [0.15, 0.2) is 60.0 Å². The van der Waals surface area contributed by atoms with Crippen molar-refractivity contribution in [3.05, 3.63) is 82.6 Å². The Kier molecular flexibility index (Phi) is 6.56. The lowest BCUT2D eigenvalue weighted by Crippen LogP contribution is -2.49. The van der Waals surface area contributed by atoms with E-state index < -0.39 is 17.5 Å². The van der Waals surface area contributed by atoms with E-state index >= 15 is 0 Å². The van der Waals surface area contributed by atoms with E-state index in [1.54, 1.807) is 29.6 Å². The molecule has 0 spiro atoms. The highest BCUT2D eigenvalue weighted by molar-refractivity contribution is 7.03. The summed E-state index contributed by atoms with van der Waals surface area (Å²) in [4.78, 5) is 28.1. The first kappa shape index (κ1) is 21.6. The van der Waals surface area contributed by atoms with Gasteiger partial charge in [0.1, 0.15) is 11.9 Å². The van der Waals surface area contributed by atoms with Gasteiger partial charge in [0.05, 0.1) is 0 Å². The van der Waals surface area contributed by atoms with Crippen LogP contribution in [0, 0.1) is 5.82 Å². The maximum Gasteiger partial charge on any atom is 0.276 e. The van der Waals surface area contributed by atoms with Crippen molar-refractivity contribution in [2.75, 3.05) is 0 Å². The first-order valence-electron chi connectivity index (χ1n) is 9.44. The molecule has 0 radical (unpaired) electrons. The Balaban J connectivity index is 2.06. The molecule has 0 aliphatic heterocycles. The van der Waals surface area contributed by atoms with Gasteiger partial charge in [-0.05, 0) is 55.6 Å². The average Bonchev–Trinajstić information content (AvgIpc) is 3.23. The van der Waals surface area contributed by atoms with E-state index in [0.29, 0.717) is 11.1 Å². The molecule has 3 rings (SSSR count). The third-order valence-corrected chi connectivity index (χ3v) is 4.78. The van der Waals surface area contributed by atoms with Gasteiger partial charge in [0.2, 0.25) is 5.91 Å². The number of benzene rings is 2. The standard InChI is InChI=1S/C22H23FN4O2S/c1-22(2,3)24-20(28)19(16-7-5-4-6-8-16)27(21(29)18-14-30-26-25-18)13-15-9-11-17(23)12-10-15/h4-12,14,19H,13H2,1-3H3,(H,24,28). The van der Waals surface area contributed by atoms with Crippen molar-refractivity contribution in [3.63, 3.8) is 0 Å². The lowest BCUT2D eigenvalue weighted by molar-refractivity contribution is -0.127. The molecule has 30 heavy (non-hydrogen) atoms. The molecule has 0 saturated heterocycles. The smallest absolute Gasteiger partial charge is 0.276 e. The Morgan fingerprint density at radius 3 is 2.33 bits per heavy atom. The van der Waals surface area contributed by atoms with Gasteiger partial charge >= 0.3 is 0 Å². The molecule has 0 bridgehead atoms. The normalized spacial score (nSPS) is 12.3. The lowest BCUT2D eigenvalue weighted by atomic mass is 10.0. The highest BCUT2D eigenvalue weighted by atomic mass is 32.1. The molecule has 0 aliphatic carbocycles. The molecule has 1 N–H and O–H groups in total. The summed E-state index contributed by atoms with van der Waals surface area (Å²) < 4.78 is 17.2. The molecule has 1 atom stereocenters. The largest absolute Gasteiger partial charge is 0.349 e. The van der Waals surface area contributed by atoms with E-state index in [9.17, 15) is 14.0 Å². The molecule has 0 fully saturated rings. The Hall–Kier alpha value is -3.13. The molecular weight excluding hydrogens is 403 g/mol. The van der Waals surface area contributed by atoms with Gasteiger partial charge < -0.3 is 10.2 Å². The second-order valence-electron chi connectivity index (χ2n) is 7.90. The van der Waals surface area contributed by atoms with Gasteiger partial charge in [0.15, 0.2) is 5.69 Å². The van der Waals surface area contributed by atoms with Gasteiger partial charge in [-0.25, -0.2) is 4.39 Å². The molecule has 8 heteroatoms. The topological polar surface area (TPSA) is 75.2 Å². The van der Waals surface area contributed by atoms with Crippen LogP contribution < -0.4 is 5.32 Å². The minimum Gasteiger partial charge on any atom is -0.349 e. The molecule has 1 aromatic heterocycles. The minimum atomic E-state index is -0.898. The zero-order valence-electron chi connectivity index (χ0n) is 17.0. The van der Waals surface area contributed by atoms with Crippen molar-refractivity contribution in [2.24, 2.45) is 0 Å². The summed E-state index contributed by atoms with van der Waals surface area (Å²) in [6.45, 7) is 5.74. The van der Waals surface area contributed by atoms with E-state index in [1.165, 1.54) is 17.0 Å². The number of carbonyl (C=O) groups is 2. The number of carbonyl (C=O) groups excluding carboxylic acids is 2. The van der Waals surface area contributed by atoms with Crippen molar-refractivity contribution in [2.45, 2.75) is 38.9 Å². The van der Waals surface area contributed by atoms with E-state index in [-0.39, 0.29) is 24.0 Å². The highest BCUT2D eigenvalue weighted by Gasteiger charge is 2.34. The fraction of sp³-hybridized carbons (Fsp3) is 0.273. The number of hydrogen-bond donors (Lipinski definition) is 1. The SMILES string of the molecule is CC(C)(C)NC(=O)C(c1ccccc1)N(Cc1ccc(F)cc1)C(=O)c1csnn1. The zero-order chi connectivity index (χ0) is 21.7. The van der Waals surface area contributed by atoms with Crippen LogP contribution in [0.3, 0.4) is 0 Å². The van der Waals surface area contributed by atoms with Crippen LogP contribution in [0.5, 0.6) is 0 Å². The number of halogens is 1. The zero-order valence-corrected chi connectivity index (χ0v) is 17.8. The van der Waals surface area contributed by atoms with Crippen LogP contribution in [0.1, 0.15) is 48.4 Å². The fourth-order valence-corrected chi connectivity index (χ4v) is 3.45. The summed E-state index contributed by atoms with van der Waals surface area (Å²) in [5.41, 5.74) is 1.03. The summed E-state index contributed by atoms with van der Waals surface area (Å²) in [6.07, 6.45) is 0. The predicted molar refractivity (Wildman–Crippen MR) is 113 cm³/mol. The number of amides is 2. The summed E-state index contributed by atoms with van der Waals surface area (Å²) in [7, 11) is 0. The average molecular weight is 427 g/mol. The van der Waals surface area contributed by atoms with Crippen LogP contribution >= 0.6 is 11.5 Å². The van der Waals surface area contributed by atoms with Crippen molar-refractivity contribution in [3.8, 4) is 0 Å². The maximum absolute atomic E-state index is 13.4. The van der Waals surface area contributed by atoms with Crippen LogP contribution in [0.2, 0.25) is 0 Å². The van der Waals surface area contributed by atoms with Crippen molar-refractivity contribution in [1.29, 1.82) is 0 Å². The fourth-order valence-electron chi connectivity index (χ4n) is 3.02. The summed E-state index contributed by atoms with van der Waals surface area (Å²) in [5, 5.41) is 8.40. The summed E-state index contributed by atoms with van der Waals surface area (Å²) >= 11 is 1.06. The predicted octanol–water partition coefficient (Wildman–Crippen LogP) is 3.98. The van der Waals surface area contributed by atoms with Crippen molar-refractivity contribution >= 4 is 23.3 Å². The van der Waals surface area contributed by atoms with Gasteiger partial charge in [0.25, 0.3) is 5.91 Å². The van der Waals surface area contributed by atoms with Crippen LogP contribution in [0.25, 0.3) is 0 Å². The molecule has 0 aliphatic rings. The monoisotopic (exact) mass is 426 g/mol. The Bertz CT molecular complexity index is 986. The minimum absolute atomic E-state index is 0.105. The van der Waals surface area contributed by atoms with E-state index in [1.807, 2.05) is 39.0 Å². The molecule has 156 valence electrons. The molecule has 2 aromatic carbocycles. The van der Waals surface area contributed by atoms with Gasteiger partial charge in [-0.15, -0.1) is 5.10 Å². The summed E-state index contributed by atoms with van der Waals surface area (Å²) in [5.74, 6) is -1.11. The van der Waals surface area contributed by atoms with Crippen molar-refractivity contribution < 1.29 is 14.0 Å². The summed E-state index contributed by atoms with van der Waals surface area (Å²) in [6, 6.07) is 14.0. The number of rotatable bonds is 6. The molecule has 1 heterocycles. The van der Waals surface area contributed by atoms with Gasteiger partial charge in [-0.3, -0.25) is 9.59 Å². The van der Waals surface area contributed by atoms with E-state index in [0.717, 1.165) is 11.5 Å². The van der Waals surface area contributed by atoms with Crippen molar-refractivity contribution in [1.82, 2.24) is 19.8 Å². The third kappa shape index (κ3) is 5.48. The van der Waals surface area contributed by atoms with E-state index in [4.69, 9.17) is 0 Å². The Labute approximate surface area is 178 Å². The first-order valence-corrected chi connectivity index (χ1v) is 10.3. The van der Waals surface area contributed by atoms with Crippen LogP contribution in [-0.2, 0) is 11.3 Å². The van der Waals surface area contributed by atoms with Gasteiger partial charge in [-0.2, -0.15) is 0 Å². The highest BCUT2D eigenvalue weighted by Crippen LogP contribution is 2.26. The second kappa shape index (κ2) is 9.13. The Morgan fingerprint density at radius 1 is 1.10 bits per heavy atom. The molecule has 3 aromatic rings. The first-order chi connectivity index (χ1) is 14.2. The molecule has 0 saturated carbocycles. The molecular formula is C22H23FN4O2S. The quantitative estimate of drug-likeness (QED) is 0.647. The van der Waals surface area contributed by atoms with Gasteiger partial charge in [-0.1, -0.05) is 47.0 Å². The molecule has 1 unspecified atom stereocenters. The Morgan fingerprint density at radius 2 is 1.77 bits per heavy atom. The van der Waals surface area contributed by atoms with Crippen LogP contribution in [-0.4, -0.2) is 31.8 Å².